The Hall–Kier alpha value is -0.840. The van der Waals surface area contributed by atoms with Crippen LogP contribution < -0.4 is 5.32 Å². The van der Waals surface area contributed by atoms with Gasteiger partial charge in [-0.2, -0.15) is 0 Å². The molecule has 1 N–H and O–H groups in total. The average molecular weight is 257 g/mol. The topological polar surface area (TPSA) is 34.1 Å². The van der Waals surface area contributed by atoms with E-state index in [-0.39, 0.29) is 6.04 Å². The maximum absolute atomic E-state index is 5.92. The molecule has 3 nitrogen and oxygen atoms in total. The monoisotopic (exact) mass is 256 g/mol. The zero-order chi connectivity index (χ0) is 11.5. The maximum Gasteiger partial charge on any atom is 0.184 e. The van der Waals surface area contributed by atoms with Gasteiger partial charge in [0.1, 0.15) is 0 Å². The van der Waals surface area contributed by atoms with Crippen LogP contribution in [0.25, 0.3) is 10.2 Å². The Balaban J connectivity index is 2.19. The highest BCUT2D eigenvalue weighted by Gasteiger charge is 2.07. The summed E-state index contributed by atoms with van der Waals surface area (Å²) in [6, 6.07) is 5.97. The second-order valence-electron chi connectivity index (χ2n) is 3.63. The smallest absolute Gasteiger partial charge is 0.184 e. The number of rotatable bonds is 4. The Bertz CT molecular complexity index is 486. The number of hydrogen-bond donors (Lipinski definition) is 1. The third-order valence-corrected chi connectivity index (χ3v) is 3.32. The summed E-state index contributed by atoms with van der Waals surface area (Å²) in [5.41, 5.74) is 0.974. The first kappa shape index (κ1) is 11.6. The van der Waals surface area contributed by atoms with Crippen LogP contribution in [-0.4, -0.2) is 24.7 Å². The van der Waals surface area contributed by atoms with E-state index in [1.165, 1.54) is 0 Å². The molecule has 0 aliphatic rings. The molecule has 0 aliphatic carbocycles. The van der Waals surface area contributed by atoms with Crippen molar-refractivity contribution in [3.63, 3.8) is 0 Å². The molecule has 1 atom stereocenters. The van der Waals surface area contributed by atoms with E-state index in [1.54, 1.807) is 18.4 Å². The van der Waals surface area contributed by atoms with Crippen molar-refractivity contribution in [1.82, 2.24) is 4.98 Å². The Morgan fingerprint density at radius 1 is 1.56 bits per heavy atom. The molecule has 2 aromatic rings. The molecule has 0 aliphatic heterocycles. The van der Waals surface area contributed by atoms with Crippen LogP contribution in [0.2, 0.25) is 5.02 Å². The van der Waals surface area contributed by atoms with Gasteiger partial charge in [0.25, 0.3) is 0 Å². The highest BCUT2D eigenvalue weighted by Crippen LogP contribution is 2.28. The van der Waals surface area contributed by atoms with Crippen LogP contribution in [-0.2, 0) is 4.74 Å². The summed E-state index contributed by atoms with van der Waals surface area (Å²) in [4.78, 5) is 4.47. The summed E-state index contributed by atoms with van der Waals surface area (Å²) in [5.74, 6) is 0. The summed E-state index contributed by atoms with van der Waals surface area (Å²) in [6.45, 7) is 2.72. The quantitative estimate of drug-likeness (QED) is 0.911. The predicted molar refractivity (Wildman–Crippen MR) is 69.6 cm³/mol. The highest BCUT2D eigenvalue weighted by atomic mass is 35.5. The van der Waals surface area contributed by atoms with Gasteiger partial charge in [-0.05, 0) is 25.1 Å². The number of fused-ring (bicyclic) bond motifs is 1. The van der Waals surface area contributed by atoms with Crippen molar-refractivity contribution in [3.8, 4) is 0 Å². The Morgan fingerprint density at radius 2 is 2.38 bits per heavy atom. The lowest BCUT2D eigenvalue weighted by molar-refractivity contribution is 0.190. The number of hydrogen-bond acceptors (Lipinski definition) is 4. The number of anilines is 1. The molecule has 86 valence electrons. The van der Waals surface area contributed by atoms with Crippen molar-refractivity contribution in [2.75, 3.05) is 19.0 Å². The molecule has 0 spiro atoms. The Morgan fingerprint density at radius 3 is 3.12 bits per heavy atom. The molecular weight excluding hydrogens is 244 g/mol. The number of thiazole rings is 1. The van der Waals surface area contributed by atoms with Gasteiger partial charge < -0.3 is 10.1 Å². The first-order chi connectivity index (χ1) is 7.69. The van der Waals surface area contributed by atoms with E-state index in [2.05, 4.69) is 17.2 Å². The van der Waals surface area contributed by atoms with Crippen molar-refractivity contribution >= 4 is 38.3 Å². The lowest BCUT2D eigenvalue weighted by atomic mass is 10.3. The highest BCUT2D eigenvalue weighted by molar-refractivity contribution is 7.22. The van der Waals surface area contributed by atoms with Crippen molar-refractivity contribution in [2.45, 2.75) is 13.0 Å². The molecule has 0 saturated carbocycles. The fourth-order valence-corrected chi connectivity index (χ4v) is 2.72. The van der Waals surface area contributed by atoms with Crippen LogP contribution in [0.1, 0.15) is 6.92 Å². The molecule has 5 heteroatoms. The second-order valence-corrected chi connectivity index (χ2v) is 5.10. The Kier molecular flexibility index (Phi) is 3.63. The van der Waals surface area contributed by atoms with Crippen LogP contribution in [0.4, 0.5) is 5.13 Å². The molecular formula is C11H13ClN2OS. The minimum atomic E-state index is 0.251. The van der Waals surface area contributed by atoms with Crippen molar-refractivity contribution in [1.29, 1.82) is 0 Å². The summed E-state index contributed by atoms with van der Waals surface area (Å²) in [5, 5.41) is 4.94. The molecule has 2 rings (SSSR count). The van der Waals surface area contributed by atoms with Crippen molar-refractivity contribution < 1.29 is 4.74 Å². The maximum atomic E-state index is 5.92. The molecule has 1 aromatic carbocycles. The summed E-state index contributed by atoms with van der Waals surface area (Å²) in [6.07, 6.45) is 0. The van der Waals surface area contributed by atoms with Gasteiger partial charge in [-0.25, -0.2) is 4.98 Å². The molecule has 0 amide bonds. The largest absolute Gasteiger partial charge is 0.383 e. The van der Waals surface area contributed by atoms with Gasteiger partial charge in [0.2, 0.25) is 0 Å². The molecule has 0 bridgehead atoms. The third kappa shape index (κ3) is 2.64. The first-order valence-electron chi connectivity index (χ1n) is 5.00. The fourth-order valence-electron chi connectivity index (χ4n) is 1.46. The van der Waals surface area contributed by atoms with Crippen LogP contribution >= 0.6 is 22.9 Å². The lowest BCUT2D eigenvalue weighted by Gasteiger charge is -2.10. The molecule has 1 heterocycles. The van der Waals surface area contributed by atoms with E-state index >= 15 is 0 Å². The second kappa shape index (κ2) is 4.99. The van der Waals surface area contributed by atoms with Gasteiger partial charge in [-0.15, -0.1) is 0 Å². The van der Waals surface area contributed by atoms with E-state index in [0.717, 1.165) is 20.4 Å². The minimum Gasteiger partial charge on any atom is -0.383 e. The number of methoxy groups -OCH3 is 1. The molecule has 0 fully saturated rings. The SMILES string of the molecule is COCC(C)Nc1nc2ccc(Cl)cc2s1. The number of benzene rings is 1. The van der Waals surface area contributed by atoms with Gasteiger partial charge in [-0.1, -0.05) is 22.9 Å². The van der Waals surface area contributed by atoms with Gasteiger partial charge in [0.15, 0.2) is 5.13 Å². The van der Waals surface area contributed by atoms with Crippen molar-refractivity contribution in [2.24, 2.45) is 0 Å². The van der Waals surface area contributed by atoms with Gasteiger partial charge >= 0.3 is 0 Å². The molecule has 16 heavy (non-hydrogen) atoms. The molecule has 0 saturated heterocycles. The van der Waals surface area contributed by atoms with E-state index in [1.807, 2.05) is 18.2 Å². The number of ether oxygens (including phenoxy) is 1. The van der Waals surface area contributed by atoms with E-state index in [4.69, 9.17) is 16.3 Å². The van der Waals surface area contributed by atoms with Crippen LogP contribution in [0, 0.1) is 0 Å². The minimum absolute atomic E-state index is 0.251. The zero-order valence-electron chi connectivity index (χ0n) is 9.16. The van der Waals surface area contributed by atoms with Crippen molar-refractivity contribution in [3.05, 3.63) is 23.2 Å². The molecule has 0 radical (unpaired) electrons. The lowest BCUT2D eigenvalue weighted by Crippen LogP contribution is -2.20. The number of aromatic nitrogens is 1. The van der Waals surface area contributed by atoms with E-state index in [0.29, 0.717) is 6.61 Å². The summed E-state index contributed by atoms with van der Waals surface area (Å²) < 4.78 is 6.16. The average Bonchev–Trinajstić information content (AvgIpc) is 2.59. The first-order valence-corrected chi connectivity index (χ1v) is 6.20. The third-order valence-electron chi connectivity index (χ3n) is 2.14. The van der Waals surface area contributed by atoms with Gasteiger partial charge in [0.05, 0.1) is 16.8 Å². The van der Waals surface area contributed by atoms with Crippen LogP contribution in [0.15, 0.2) is 18.2 Å². The van der Waals surface area contributed by atoms with E-state index < -0.39 is 0 Å². The molecule has 1 unspecified atom stereocenters. The number of nitrogens with one attached hydrogen (secondary N) is 1. The standard InChI is InChI=1S/C11H13ClN2OS/c1-7(6-15-2)13-11-14-9-4-3-8(12)5-10(9)16-11/h3-5,7H,6H2,1-2H3,(H,13,14). The zero-order valence-corrected chi connectivity index (χ0v) is 10.7. The van der Waals surface area contributed by atoms with Gasteiger partial charge in [-0.3, -0.25) is 0 Å². The summed E-state index contributed by atoms with van der Waals surface area (Å²) in [7, 11) is 1.69. The predicted octanol–water partition coefficient (Wildman–Crippen LogP) is 3.40. The fraction of sp³-hybridized carbons (Fsp3) is 0.364. The summed E-state index contributed by atoms with van der Waals surface area (Å²) >= 11 is 7.53. The Labute approximate surface area is 103 Å². The molecule has 1 aromatic heterocycles. The van der Waals surface area contributed by atoms with E-state index in [9.17, 15) is 0 Å². The number of halogens is 1. The van der Waals surface area contributed by atoms with Crippen LogP contribution in [0.3, 0.4) is 0 Å². The number of nitrogens with zero attached hydrogens (tertiary/aromatic N) is 1. The normalized spacial score (nSPS) is 12.9. The van der Waals surface area contributed by atoms with Crippen LogP contribution in [0.5, 0.6) is 0 Å². The van der Waals surface area contributed by atoms with Gasteiger partial charge in [0, 0.05) is 18.2 Å².